The molecule has 6 nitrogen and oxygen atoms in total. The monoisotopic (exact) mass is 264 g/mol. The number of ether oxygens (including phenoxy) is 2. The van der Waals surface area contributed by atoms with Crippen LogP contribution in [-0.2, 0) is 25.5 Å². The van der Waals surface area contributed by atoms with Crippen molar-refractivity contribution in [2.75, 3.05) is 26.8 Å². The molecule has 0 saturated carbocycles. The van der Waals surface area contributed by atoms with Gasteiger partial charge in [0.2, 0.25) is 5.91 Å². The van der Waals surface area contributed by atoms with Crippen LogP contribution in [0.3, 0.4) is 0 Å². The van der Waals surface area contributed by atoms with Crippen LogP contribution in [0.5, 0.6) is 0 Å². The summed E-state index contributed by atoms with van der Waals surface area (Å²) in [6, 6.07) is 3.60. The summed E-state index contributed by atoms with van der Waals surface area (Å²) >= 11 is 0. The van der Waals surface area contributed by atoms with Crippen molar-refractivity contribution in [2.45, 2.75) is 12.5 Å². The first-order valence-electron chi connectivity index (χ1n) is 6.07. The highest BCUT2D eigenvalue weighted by Gasteiger charge is 2.29. The molecule has 1 aliphatic rings. The molecule has 2 heterocycles. The molecule has 0 bridgehead atoms. The second-order valence-electron chi connectivity index (χ2n) is 4.25. The van der Waals surface area contributed by atoms with Crippen molar-refractivity contribution in [1.29, 1.82) is 0 Å². The molecule has 102 valence electrons. The van der Waals surface area contributed by atoms with Crippen LogP contribution >= 0.6 is 0 Å². The molecule has 0 radical (unpaired) electrons. The molecule has 0 aromatic carbocycles. The van der Waals surface area contributed by atoms with Gasteiger partial charge in [0, 0.05) is 18.9 Å². The highest BCUT2D eigenvalue weighted by atomic mass is 16.6. The molecule has 1 atom stereocenters. The summed E-state index contributed by atoms with van der Waals surface area (Å²) in [7, 11) is 1.31. The summed E-state index contributed by atoms with van der Waals surface area (Å²) in [5, 5.41) is 0. The van der Waals surface area contributed by atoms with Gasteiger partial charge in [0.15, 0.2) is 6.10 Å². The first-order valence-corrected chi connectivity index (χ1v) is 6.07. The van der Waals surface area contributed by atoms with E-state index < -0.39 is 12.1 Å². The van der Waals surface area contributed by atoms with E-state index in [1.807, 2.05) is 0 Å². The Balaban J connectivity index is 1.94. The van der Waals surface area contributed by atoms with Crippen molar-refractivity contribution in [3.8, 4) is 0 Å². The average molecular weight is 264 g/mol. The fraction of sp³-hybridized carbons (Fsp3) is 0.462. The summed E-state index contributed by atoms with van der Waals surface area (Å²) in [6.07, 6.45) is 2.93. The van der Waals surface area contributed by atoms with Gasteiger partial charge in [-0.3, -0.25) is 9.78 Å². The van der Waals surface area contributed by atoms with E-state index >= 15 is 0 Å². The van der Waals surface area contributed by atoms with E-state index in [4.69, 9.17) is 4.74 Å². The van der Waals surface area contributed by atoms with Crippen LogP contribution in [0.4, 0.5) is 0 Å². The fourth-order valence-corrected chi connectivity index (χ4v) is 1.94. The zero-order valence-electron chi connectivity index (χ0n) is 10.7. The van der Waals surface area contributed by atoms with Gasteiger partial charge in [-0.25, -0.2) is 4.79 Å². The standard InChI is InChI=1S/C13H16N2O4/c1-18-13(17)11-9-15(6-7-19-11)12(16)8-10-2-4-14-5-3-10/h2-5,11H,6-9H2,1H3. The van der Waals surface area contributed by atoms with Gasteiger partial charge >= 0.3 is 5.97 Å². The molecule has 0 aliphatic carbocycles. The number of carbonyl (C=O) groups excluding carboxylic acids is 2. The minimum Gasteiger partial charge on any atom is -0.467 e. The predicted molar refractivity (Wildman–Crippen MR) is 66.3 cm³/mol. The smallest absolute Gasteiger partial charge is 0.336 e. The van der Waals surface area contributed by atoms with Gasteiger partial charge in [-0.15, -0.1) is 0 Å². The average Bonchev–Trinajstić information content (AvgIpc) is 2.47. The zero-order chi connectivity index (χ0) is 13.7. The Morgan fingerprint density at radius 1 is 1.47 bits per heavy atom. The highest BCUT2D eigenvalue weighted by Crippen LogP contribution is 2.09. The number of nitrogens with zero attached hydrogens (tertiary/aromatic N) is 2. The Morgan fingerprint density at radius 3 is 2.89 bits per heavy atom. The summed E-state index contributed by atoms with van der Waals surface area (Å²) in [5.41, 5.74) is 0.904. The lowest BCUT2D eigenvalue weighted by atomic mass is 10.1. The van der Waals surface area contributed by atoms with Gasteiger partial charge in [-0.1, -0.05) is 0 Å². The third-order valence-electron chi connectivity index (χ3n) is 2.99. The largest absolute Gasteiger partial charge is 0.467 e. The lowest BCUT2D eigenvalue weighted by molar-refractivity contribution is -0.162. The summed E-state index contributed by atoms with van der Waals surface area (Å²) in [4.78, 5) is 29.1. The van der Waals surface area contributed by atoms with Crippen molar-refractivity contribution in [1.82, 2.24) is 9.88 Å². The van der Waals surface area contributed by atoms with Crippen molar-refractivity contribution in [3.63, 3.8) is 0 Å². The lowest BCUT2D eigenvalue weighted by Gasteiger charge is -2.31. The van der Waals surface area contributed by atoms with Crippen LogP contribution < -0.4 is 0 Å². The van der Waals surface area contributed by atoms with E-state index in [2.05, 4.69) is 9.72 Å². The van der Waals surface area contributed by atoms with Crippen molar-refractivity contribution in [3.05, 3.63) is 30.1 Å². The normalized spacial score (nSPS) is 19.0. The van der Waals surface area contributed by atoms with Crippen LogP contribution in [0.15, 0.2) is 24.5 Å². The van der Waals surface area contributed by atoms with Crippen molar-refractivity contribution in [2.24, 2.45) is 0 Å². The van der Waals surface area contributed by atoms with Gasteiger partial charge in [-0.2, -0.15) is 0 Å². The van der Waals surface area contributed by atoms with Gasteiger partial charge in [0.1, 0.15) is 0 Å². The molecule has 1 amide bonds. The van der Waals surface area contributed by atoms with Crippen LogP contribution in [0.2, 0.25) is 0 Å². The van der Waals surface area contributed by atoms with Crippen molar-refractivity contribution < 1.29 is 19.1 Å². The summed E-state index contributed by atoms with van der Waals surface area (Å²) in [5.74, 6) is -0.468. The number of hydrogen-bond donors (Lipinski definition) is 0. The van der Waals surface area contributed by atoms with E-state index in [1.54, 1.807) is 29.4 Å². The molecule has 19 heavy (non-hydrogen) atoms. The Hall–Kier alpha value is -1.95. The lowest BCUT2D eigenvalue weighted by Crippen LogP contribution is -2.49. The van der Waals surface area contributed by atoms with Gasteiger partial charge in [0.25, 0.3) is 0 Å². The molecule has 1 fully saturated rings. The molecule has 0 N–H and O–H groups in total. The number of rotatable bonds is 3. The molecule has 1 aromatic heterocycles. The maximum atomic E-state index is 12.1. The molecular formula is C13H16N2O4. The number of methoxy groups -OCH3 is 1. The number of carbonyl (C=O) groups is 2. The number of aromatic nitrogens is 1. The predicted octanol–water partition coefficient (Wildman–Crippen LogP) is 0.0245. The minimum atomic E-state index is -0.680. The molecule has 1 saturated heterocycles. The van der Waals surface area contributed by atoms with E-state index in [-0.39, 0.29) is 12.5 Å². The quantitative estimate of drug-likeness (QED) is 0.720. The Kier molecular flexibility index (Phi) is 4.46. The number of esters is 1. The van der Waals surface area contributed by atoms with E-state index in [1.165, 1.54) is 7.11 Å². The van der Waals surface area contributed by atoms with E-state index in [0.29, 0.717) is 19.6 Å². The number of amides is 1. The number of pyridine rings is 1. The van der Waals surface area contributed by atoms with Crippen LogP contribution in [-0.4, -0.2) is 54.7 Å². The van der Waals surface area contributed by atoms with Crippen LogP contribution in [0.1, 0.15) is 5.56 Å². The first-order chi connectivity index (χ1) is 9.20. The Labute approximate surface area is 111 Å². The number of hydrogen-bond acceptors (Lipinski definition) is 5. The third-order valence-corrected chi connectivity index (χ3v) is 2.99. The third kappa shape index (κ3) is 3.51. The zero-order valence-corrected chi connectivity index (χ0v) is 10.7. The maximum Gasteiger partial charge on any atom is 0.336 e. The molecular weight excluding hydrogens is 248 g/mol. The summed E-state index contributed by atoms with van der Waals surface area (Å²) < 4.78 is 9.91. The molecule has 1 aromatic rings. The van der Waals surface area contributed by atoms with Crippen LogP contribution in [0, 0.1) is 0 Å². The molecule has 1 unspecified atom stereocenters. The topological polar surface area (TPSA) is 68.7 Å². The van der Waals surface area contributed by atoms with Gasteiger partial charge in [0.05, 0.1) is 26.7 Å². The SMILES string of the molecule is COC(=O)C1CN(C(=O)Cc2ccncc2)CCO1. The molecule has 6 heteroatoms. The van der Waals surface area contributed by atoms with Crippen molar-refractivity contribution >= 4 is 11.9 Å². The Morgan fingerprint density at radius 2 is 2.21 bits per heavy atom. The highest BCUT2D eigenvalue weighted by molar-refractivity contribution is 5.81. The molecule has 1 aliphatic heterocycles. The second kappa shape index (κ2) is 6.29. The number of morpholine rings is 1. The van der Waals surface area contributed by atoms with E-state index in [0.717, 1.165) is 5.56 Å². The Bertz CT molecular complexity index is 449. The van der Waals surface area contributed by atoms with E-state index in [9.17, 15) is 9.59 Å². The maximum absolute atomic E-state index is 12.1. The molecule has 2 rings (SSSR count). The van der Waals surface area contributed by atoms with Gasteiger partial charge < -0.3 is 14.4 Å². The second-order valence-corrected chi connectivity index (χ2v) is 4.25. The molecule has 0 spiro atoms. The fourth-order valence-electron chi connectivity index (χ4n) is 1.94. The van der Waals surface area contributed by atoms with Crippen LogP contribution in [0.25, 0.3) is 0 Å². The summed E-state index contributed by atoms with van der Waals surface area (Å²) in [6.45, 7) is 1.09. The minimum absolute atomic E-state index is 0.0246. The van der Waals surface area contributed by atoms with Gasteiger partial charge in [-0.05, 0) is 17.7 Å². The first kappa shape index (κ1) is 13.5.